The molecule has 1 radical (unpaired) electrons. The Kier molecular flexibility index (Phi) is 4.00. The van der Waals surface area contributed by atoms with Crippen LogP contribution in [0.2, 0.25) is 0 Å². The van der Waals surface area contributed by atoms with Crippen molar-refractivity contribution >= 4 is 27.7 Å². The maximum atomic E-state index is 12.0. The van der Waals surface area contributed by atoms with Crippen LogP contribution in [0, 0.1) is 6.07 Å². The molecule has 0 saturated heterocycles. The van der Waals surface area contributed by atoms with Crippen molar-refractivity contribution in [1.29, 1.82) is 0 Å². The van der Waals surface area contributed by atoms with Gasteiger partial charge in [0.15, 0.2) is 0 Å². The van der Waals surface area contributed by atoms with Gasteiger partial charge < -0.3 is 10.3 Å². The predicted octanol–water partition coefficient (Wildman–Crippen LogP) is 4.87. The van der Waals surface area contributed by atoms with Crippen LogP contribution in [-0.4, -0.2) is 10.5 Å². The maximum Gasteiger partial charge on any atom is 0.249 e. The quantitative estimate of drug-likeness (QED) is 0.566. The number of benzene rings is 3. The molecule has 0 atom stereocenters. The van der Waals surface area contributed by atoms with Crippen molar-refractivity contribution in [1.82, 2.24) is 4.57 Å². The van der Waals surface area contributed by atoms with Crippen LogP contribution in [0.15, 0.2) is 60.7 Å². The summed E-state index contributed by atoms with van der Waals surface area (Å²) >= 11 is 0. The zero-order valence-electron chi connectivity index (χ0n) is 15.0. The zero-order chi connectivity index (χ0) is 18.3. The summed E-state index contributed by atoms with van der Waals surface area (Å²) in [5, 5.41) is 1.84. The van der Waals surface area contributed by atoms with Crippen LogP contribution in [0.4, 0.5) is 0 Å². The fourth-order valence-electron chi connectivity index (χ4n) is 3.55. The number of primary amides is 1. The van der Waals surface area contributed by atoms with Crippen LogP contribution in [-0.2, 0) is 6.54 Å². The van der Waals surface area contributed by atoms with Gasteiger partial charge in [0, 0.05) is 22.9 Å². The standard InChI is InChI=1S/C23H21N2O/c1-15(2)17-11-12-18-21(13-17)25(14-16-7-4-3-5-8-16)20-10-6-9-19(22(18)20)23(24)26/h3-11,13,15H,14H2,1-2H3,(H2,24,26). The van der Waals surface area contributed by atoms with E-state index in [0.29, 0.717) is 11.5 Å². The third kappa shape index (κ3) is 2.66. The molecule has 0 aliphatic heterocycles. The minimum absolute atomic E-state index is 0.407. The van der Waals surface area contributed by atoms with E-state index in [0.717, 1.165) is 28.4 Å². The number of nitrogens with two attached hydrogens (primary N) is 1. The van der Waals surface area contributed by atoms with Crippen molar-refractivity contribution in [3.8, 4) is 0 Å². The minimum Gasteiger partial charge on any atom is -0.366 e. The summed E-state index contributed by atoms with van der Waals surface area (Å²) in [4.78, 5) is 12.0. The van der Waals surface area contributed by atoms with E-state index in [2.05, 4.69) is 42.7 Å². The first kappa shape index (κ1) is 16.4. The molecular weight excluding hydrogens is 320 g/mol. The van der Waals surface area contributed by atoms with Crippen LogP contribution in [0.3, 0.4) is 0 Å². The molecule has 26 heavy (non-hydrogen) atoms. The number of nitrogens with zero attached hydrogens (tertiary/aromatic N) is 1. The first-order valence-corrected chi connectivity index (χ1v) is 8.86. The molecule has 3 nitrogen and oxygen atoms in total. The largest absolute Gasteiger partial charge is 0.366 e. The number of hydrogen-bond donors (Lipinski definition) is 1. The smallest absolute Gasteiger partial charge is 0.249 e. The monoisotopic (exact) mass is 341 g/mol. The summed E-state index contributed by atoms with van der Waals surface area (Å²) < 4.78 is 2.26. The van der Waals surface area contributed by atoms with Gasteiger partial charge in [-0.1, -0.05) is 56.3 Å². The highest BCUT2D eigenvalue weighted by atomic mass is 16.1. The van der Waals surface area contributed by atoms with Crippen LogP contribution >= 0.6 is 0 Å². The third-order valence-electron chi connectivity index (χ3n) is 4.93. The van der Waals surface area contributed by atoms with Gasteiger partial charge in [0.1, 0.15) is 0 Å². The van der Waals surface area contributed by atoms with Gasteiger partial charge in [0.2, 0.25) is 5.91 Å². The summed E-state index contributed by atoms with van der Waals surface area (Å²) in [5.74, 6) is 0.00476. The number of rotatable bonds is 4. The highest BCUT2D eigenvalue weighted by Gasteiger charge is 2.17. The van der Waals surface area contributed by atoms with E-state index in [1.165, 1.54) is 11.1 Å². The first-order valence-electron chi connectivity index (χ1n) is 8.86. The molecule has 1 amide bonds. The Bertz CT molecular complexity index is 1110. The predicted molar refractivity (Wildman–Crippen MR) is 106 cm³/mol. The van der Waals surface area contributed by atoms with Gasteiger partial charge in [-0.2, -0.15) is 0 Å². The second kappa shape index (κ2) is 6.34. The van der Waals surface area contributed by atoms with Crippen LogP contribution < -0.4 is 5.73 Å². The van der Waals surface area contributed by atoms with Gasteiger partial charge in [0.25, 0.3) is 0 Å². The second-order valence-corrected chi connectivity index (χ2v) is 6.98. The minimum atomic E-state index is -0.407. The molecule has 0 saturated carbocycles. The molecule has 4 rings (SSSR count). The molecule has 1 heterocycles. The summed E-state index contributed by atoms with van der Waals surface area (Å²) in [6.07, 6.45) is 0. The average Bonchev–Trinajstić information content (AvgIpc) is 2.96. The summed E-state index contributed by atoms with van der Waals surface area (Å²) in [5.41, 5.74) is 10.7. The van der Waals surface area contributed by atoms with Crippen molar-refractivity contribution in [2.75, 3.05) is 0 Å². The normalized spacial score (nSPS) is 11.5. The fourth-order valence-corrected chi connectivity index (χ4v) is 3.55. The molecule has 0 aliphatic rings. The highest BCUT2D eigenvalue weighted by molar-refractivity contribution is 6.17. The highest BCUT2D eigenvalue weighted by Crippen LogP contribution is 2.33. The number of aromatic nitrogens is 1. The molecule has 0 spiro atoms. The first-order chi connectivity index (χ1) is 12.6. The number of fused-ring (bicyclic) bond motifs is 3. The topological polar surface area (TPSA) is 48.0 Å². The Hall–Kier alpha value is -3.07. The SMILES string of the molecule is CC(C)c1c[c]c2c3c(C(N)=O)cccc3n(Cc3ccccc3)c2c1. The Labute approximate surface area is 153 Å². The van der Waals surface area contributed by atoms with Crippen molar-refractivity contribution in [3.05, 3.63) is 83.4 Å². The second-order valence-electron chi connectivity index (χ2n) is 6.98. The molecule has 2 N–H and O–H groups in total. The van der Waals surface area contributed by atoms with Gasteiger partial charge in [-0.3, -0.25) is 4.79 Å². The Morgan fingerprint density at radius 2 is 1.85 bits per heavy atom. The van der Waals surface area contributed by atoms with Crippen molar-refractivity contribution < 1.29 is 4.79 Å². The summed E-state index contributed by atoms with van der Waals surface area (Å²) in [7, 11) is 0. The molecule has 1 aromatic heterocycles. The molecule has 0 fully saturated rings. The molecule has 3 aromatic carbocycles. The number of carbonyl (C=O) groups is 1. The van der Waals surface area contributed by atoms with Crippen LogP contribution in [0.5, 0.6) is 0 Å². The van der Waals surface area contributed by atoms with Gasteiger partial charge >= 0.3 is 0 Å². The van der Waals surface area contributed by atoms with E-state index in [9.17, 15) is 4.79 Å². The van der Waals surface area contributed by atoms with E-state index in [4.69, 9.17) is 5.73 Å². The van der Waals surface area contributed by atoms with Crippen molar-refractivity contribution in [2.24, 2.45) is 5.73 Å². The van der Waals surface area contributed by atoms with Gasteiger partial charge in [-0.15, -0.1) is 0 Å². The molecule has 0 bridgehead atoms. The Morgan fingerprint density at radius 1 is 1.08 bits per heavy atom. The van der Waals surface area contributed by atoms with E-state index >= 15 is 0 Å². The lowest BCUT2D eigenvalue weighted by atomic mass is 10.00. The van der Waals surface area contributed by atoms with Gasteiger partial charge in [-0.05, 0) is 41.3 Å². The molecule has 0 aliphatic carbocycles. The van der Waals surface area contributed by atoms with Crippen LogP contribution in [0.1, 0.15) is 41.3 Å². The molecule has 0 unspecified atom stereocenters. The van der Waals surface area contributed by atoms with E-state index < -0.39 is 5.91 Å². The molecule has 129 valence electrons. The van der Waals surface area contributed by atoms with Crippen molar-refractivity contribution in [3.63, 3.8) is 0 Å². The molecular formula is C23H21N2O. The maximum absolute atomic E-state index is 12.0. The Morgan fingerprint density at radius 3 is 2.54 bits per heavy atom. The summed E-state index contributed by atoms with van der Waals surface area (Å²) in [6.45, 7) is 5.08. The lowest BCUT2D eigenvalue weighted by molar-refractivity contribution is 0.100. The number of hydrogen-bond acceptors (Lipinski definition) is 1. The Balaban J connectivity index is 2.07. The lowest BCUT2D eigenvalue weighted by Gasteiger charge is -2.10. The number of carbonyl (C=O) groups excluding carboxylic acids is 1. The van der Waals surface area contributed by atoms with Crippen molar-refractivity contribution in [2.45, 2.75) is 26.3 Å². The molecule has 4 aromatic rings. The molecule has 3 heteroatoms. The average molecular weight is 341 g/mol. The summed E-state index contributed by atoms with van der Waals surface area (Å²) in [6, 6.07) is 23.7. The van der Waals surface area contributed by atoms with Gasteiger partial charge in [0.05, 0.1) is 11.0 Å². The lowest BCUT2D eigenvalue weighted by Crippen LogP contribution is -2.11. The van der Waals surface area contributed by atoms with Crippen LogP contribution in [0.25, 0.3) is 21.8 Å². The number of amides is 1. The van der Waals surface area contributed by atoms with E-state index in [-0.39, 0.29) is 0 Å². The fraction of sp³-hybridized carbons (Fsp3) is 0.174. The van der Waals surface area contributed by atoms with E-state index in [1.807, 2.05) is 36.4 Å². The zero-order valence-corrected chi connectivity index (χ0v) is 15.0. The van der Waals surface area contributed by atoms with E-state index in [1.54, 1.807) is 6.07 Å². The van der Waals surface area contributed by atoms with Gasteiger partial charge in [-0.25, -0.2) is 0 Å². The third-order valence-corrected chi connectivity index (χ3v) is 4.93.